The van der Waals surface area contributed by atoms with E-state index in [1.165, 1.54) is 10.5 Å². The number of carbonyl (C=O) groups excluding carboxylic acids is 1. The first-order valence-electron chi connectivity index (χ1n) is 8.76. The minimum Gasteiger partial charge on any atom is -0.494 e. The van der Waals surface area contributed by atoms with Crippen molar-refractivity contribution < 1.29 is 19.2 Å². The Morgan fingerprint density at radius 2 is 1.92 bits per heavy atom. The fourth-order valence-electron chi connectivity index (χ4n) is 2.66. The van der Waals surface area contributed by atoms with E-state index in [0.29, 0.717) is 30.5 Å². The lowest BCUT2D eigenvalue weighted by Gasteiger charge is -2.14. The van der Waals surface area contributed by atoms with Gasteiger partial charge in [-0.1, -0.05) is 0 Å². The quantitative estimate of drug-likeness (QED) is 0.523. The van der Waals surface area contributed by atoms with E-state index in [1.54, 1.807) is 16.2 Å². The van der Waals surface area contributed by atoms with Crippen molar-refractivity contribution in [3.05, 3.63) is 40.4 Å². The van der Waals surface area contributed by atoms with Crippen molar-refractivity contribution >= 4 is 18.2 Å². The molecule has 2 aromatic rings. The maximum absolute atomic E-state index is 11.7. The Morgan fingerprint density at radius 3 is 2.54 bits per heavy atom. The van der Waals surface area contributed by atoms with Gasteiger partial charge < -0.3 is 18.9 Å². The van der Waals surface area contributed by atoms with Crippen LogP contribution in [0.2, 0.25) is 0 Å². The van der Waals surface area contributed by atoms with E-state index in [2.05, 4.69) is 24.3 Å². The van der Waals surface area contributed by atoms with Gasteiger partial charge in [0.05, 0.1) is 20.3 Å². The lowest BCUT2D eigenvalue weighted by Crippen LogP contribution is -3.07. The summed E-state index contributed by atoms with van der Waals surface area (Å²) >= 11 is 5.44. The summed E-state index contributed by atoms with van der Waals surface area (Å²) in [6.07, 6.45) is 0.124. The van der Waals surface area contributed by atoms with Crippen LogP contribution in [0.25, 0.3) is 0 Å². The molecule has 1 aromatic heterocycles. The highest BCUT2D eigenvalue weighted by Crippen LogP contribution is 2.11. The highest BCUT2D eigenvalue weighted by atomic mass is 32.1. The van der Waals surface area contributed by atoms with Crippen molar-refractivity contribution in [3.63, 3.8) is 0 Å². The molecule has 1 atom stereocenters. The number of esters is 1. The molecule has 0 aliphatic heterocycles. The number of hydrogen-bond donors (Lipinski definition) is 1. The maximum Gasteiger partial charge on any atom is 0.313 e. The van der Waals surface area contributed by atoms with E-state index in [0.717, 1.165) is 12.3 Å². The number of quaternary nitrogens is 1. The molecule has 1 heterocycles. The van der Waals surface area contributed by atoms with E-state index >= 15 is 0 Å². The molecule has 1 unspecified atom stereocenters. The zero-order valence-corrected chi connectivity index (χ0v) is 16.6. The molecule has 0 saturated carbocycles. The fraction of sp³-hybridized carbons (Fsp3) is 0.500. The smallest absolute Gasteiger partial charge is 0.313 e. The summed E-state index contributed by atoms with van der Waals surface area (Å²) in [7, 11) is 3.90. The predicted octanol–water partition coefficient (Wildman–Crippen LogP) is 1.13. The van der Waals surface area contributed by atoms with Crippen molar-refractivity contribution in [3.8, 4) is 5.75 Å². The van der Waals surface area contributed by atoms with Crippen LogP contribution in [0.4, 0.5) is 0 Å². The van der Waals surface area contributed by atoms with E-state index in [-0.39, 0.29) is 12.4 Å². The third kappa shape index (κ3) is 5.40. The highest BCUT2D eigenvalue weighted by Gasteiger charge is 2.15. The van der Waals surface area contributed by atoms with Crippen molar-refractivity contribution in [1.82, 2.24) is 14.3 Å². The maximum atomic E-state index is 11.7. The number of hydrogen-bond acceptors (Lipinski definition) is 5. The van der Waals surface area contributed by atoms with E-state index in [1.807, 2.05) is 26.1 Å². The first-order valence-corrected chi connectivity index (χ1v) is 9.16. The molecule has 1 N–H and O–H groups in total. The number of carbonyl (C=O) groups is 1. The second-order valence-corrected chi connectivity index (χ2v) is 6.47. The van der Waals surface area contributed by atoms with Crippen LogP contribution in [-0.4, -0.2) is 40.6 Å². The van der Waals surface area contributed by atoms with Crippen LogP contribution in [0.1, 0.15) is 25.2 Å². The third-order valence-corrected chi connectivity index (χ3v) is 4.38. The molecule has 7 nitrogen and oxygen atoms in total. The van der Waals surface area contributed by atoms with E-state index in [9.17, 15) is 4.79 Å². The zero-order chi connectivity index (χ0) is 19.1. The van der Waals surface area contributed by atoms with Gasteiger partial charge in [-0.25, -0.2) is 0 Å². The topological polar surface area (TPSA) is 62.7 Å². The van der Waals surface area contributed by atoms with E-state index < -0.39 is 0 Å². The molecule has 0 saturated heterocycles. The molecule has 26 heavy (non-hydrogen) atoms. The Kier molecular flexibility index (Phi) is 7.35. The van der Waals surface area contributed by atoms with Crippen molar-refractivity contribution in [2.24, 2.45) is 7.05 Å². The largest absolute Gasteiger partial charge is 0.494 e. The Bertz CT molecular complexity index is 783. The summed E-state index contributed by atoms with van der Waals surface area (Å²) < 4.78 is 14.6. The van der Waals surface area contributed by atoms with Gasteiger partial charge in [0.2, 0.25) is 4.77 Å². The van der Waals surface area contributed by atoms with Crippen LogP contribution in [0, 0.1) is 4.77 Å². The predicted molar refractivity (Wildman–Crippen MR) is 101 cm³/mol. The van der Waals surface area contributed by atoms with Gasteiger partial charge in [0, 0.05) is 12.6 Å². The number of ether oxygens (including phenoxy) is 2. The van der Waals surface area contributed by atoms with Gasteiger partial charge in [-0.15, -0.1) is 0 Å². The lowest BCUT2D eigenvalue weighted by atomic mass is 10.2. The van der Waals surface area contributed by atoms with Crippen LogP contribution < -0.4 is 9.64 Å². The number of nitrogens with one attached hydrogen (secondary N) is 1. The van der Waals surface area contributed by atoms with Gasteiger partial charge in [-0.2, -0.15) is 9.78 Å². The lowest BCUT2D eigenvalue weighted by molar-refractivity contribution is -0.917. The molecule has 0 fully saturated rings. The van der Waals surface area contributed by atoms with Gasteiger partial charge in [0.25, 0.3) is 0 Å². The highest BCUT2D eigenvalue weighted by molar-refractivity contribution is 7.71. The van der Waals surface area contributed by atoms with Crippen LogP contribution >= 0.6 is 12.2 Å². The second-order valence-electron chi connectivity index (χ2n) is 6.11. The summed E-state index contributed by atoms with van der Waals surface area (Å²) in [5, 5.41) is 4.49. The Hall–Kier alpha value is -2.19. The van der Waals surface area contributed by atoms with Gasteiger partial charge >= 0.3 is 5.97 Å². The molecular weight excluding hydrogens is 352 g/mol. The molecule has 0 bridgehead atoms. The van der Waals surface area contributed by atoms with Gasteiger partial charge in [0.1, 0.15) is 24.5 Å². The van der Waals surface area contributed by atoms with Crippen LogP contribution in [0.15, 0.2) is 24.3 Å². The molecular formula is C18H27N4O3S+. The normalized spacial score (nSPS) is 12.0. The van der Waals surface area contributed by atoms with Gasteiger partial charge in [-0.3, -0.25) is 4.79 Å². The van der Waals surface area contributed by atoms with Crippen molar-refractivity contribution in [2.75, 3.05) is 20.3 Å². The van der Waals surface area contributed by atoms with Crippen LogP contribution in [0.5, 0.6) is 5.75 Å². The average Bonchev–Trinajstić information content (AvgIpc) is 2.85. The molecule has 8 heteroatoms. The number of benzene rings is 1. The summed E-state index contributed by atoms with van der Waals surface area (Å²) in [5.74, 6) is 1.20. The Morgan fingerprint density at radius 1 is 1.23 bits per heavy atom. The average molecular weight is 380 g/mol. The number of rotatable bonds is 9. The molecule has 0 aliphatic carbocycles. The molecule has 0 aliphatic rings. The number of nitrogens with zero attached hydrogens (tertiary/aromatic N) is 3. The summed E-state index contributed by atoms with van der Waals surface area (Å²) in [6, 6.07) is 8.10. The van der Waals surface area contributed by atoms with Crippen molar-refractivity contribution in [2.45, 2.75) is 33.5 Å². The Labute approximate surface area is 159 Å². The third-order valence-electron chi connectivity index (χ3n) is 3.90. The van der Waals surface area contributed by atoms with Gasteiger partial charge in [-0.05, 0) is 50.3 Å². The molecule has 1 aromatic carbocycles. The molecule has 0 radical (unpaired) electrons. The minimum absolute atomic E-state index is 0.124. The fourth-order valence-corrected chi connectivity index (χ4v) is 2.87. The van der Waals surface area contributed by atoms with Crippen LogP contribution in [-0.2, 0) is 36.2 Å². The zero-order valence-electron chi connectivity index (χ0n) is 15.8. The first-order chi connectivity index (χ1) is 12.4. The summed E-state index contributed by atoms with van der Waals surface area (Å²) in [4.78, 5) is 12.9. The van der Waals surface area contributed by atoms with Gasteiger partial charge in [0.15, 0.2) is 6.67 Å². The van der Waals surface area contributed by atoms with Crippen molar-refractivity contribution in [1.29, 1.82) is 0 Å². The molecule has 0 amide bonds. The standard InChI is InChI=1S/C18H26N4O3S/c1-5-24-15-9-7-14(8-10-15)12-20(3)13-22-18(26)21(4)16(19-22)11-17(23)25-6-2/h7-10H,5-6,11-13H2,1-4H3/p+1. The molecule has 2 rings (SSSR count). The SMILES string of the molecule is CCOC(=O)Cc1nn(C[NH+](C)Cc2ccc(OCC)cc2)c(=S)n1C. The first kappa shape index (κ1) is 20.1. The number of aromatic nitrogens is 3. The molecule has 142 valence electrons. The van der Waals surface area contributed by atoms with E-state index in [4.69, 9.17) is 21.7 Å². The summed E-state index contributed by atoms with van der Waals surface area (Å²) in [6.45, 7) is 6.23. The Balaban J connectivity index is 2.01. The van der Waals surface area contributed by atoms with Crippen LogP contribution in [0.3, 0.4) is 0 Å². The summed E-state index contributed by atoms with van der Waals surface area (Å²) in [5.41, 5.74) is 1.21. The molecule has 0 spiro atoms. The minimum atomic E-state index is -0.294. The second kappa shape index (κ2) is 9.49. The monoisotopic (exact) mass is 379 g/mol.